The fourth-order valence-electron chi connectivity index (χ4n) is 2.96. The molecule has 0 unspecified atom stereocenters. The number of carbonyl (C=O) groups is 3. The van der Waals surface area contributed by atoms with Crippen LogP contribution in [0.25, 0.3) is 0 Å². The quantitative estimate of drug-likeness (QED) is 0.479. The average molecular weight is 414 g/mol. The SMILES string of the molecule is O=C(Nc1cccc(NC(=O)c2ccc(NC(=O)c3ccccc3)cc2)c1)NC1CC1. The maximum absolute atomic E-state index is 12.6. The van der Waals surface area contributed by atoms with Gasteiger partial charge in [0, 0.05) is 34.2 Å². The molecule has 7 heteroatoms. The van der Waals surface area contributed by atoms with Crippen LogP contribution in [0.5, 0.6) is 0 Å². The Morgan fingerprint density at radius 1 is 0.613 bits per heavy atom. The van der Waals surface area contributed by atoms with Gasteiger partial charge in [0.15, 0.2) is 0 Å². The predicted octanol–water partition coefficient (Wildman–Crippen LogP) is 4.48. The Labute approximate surface area is 179 Å². The van der Waals surface area contributed by atoms with Crippen LogP contribution in [0.1, 0.15) is 33.6 Å². The summed E-state index contributed by atoms with van der Waals surface area (Å²) in [6.45, 7) is 0. The molecule has 1 fully saturated rings. The highest BCUT2D eigenvalue weighted by Gasteiger charge is 2.23. The highest BCUT2D eigenvalue weighted by atomic mass is 16.2. The largest absolute Gasteiger partial charge is 0.335 e. The van der Waals surface area contributed by atoms with E-state index in [1.807, 2.05) is 6.07 Å². The molecular formula is C24H22N4O3. The van der Waals surface area contributed by atoms with Gasteiger partial charge >= 0.3 is 6.03 Å². The number of amides is 4. The smallest absolute Gasteiger partial charge is 0.319 e. The summed E-state index contributed by atoms with van der Waals surface area (Å²) in [5.41, 5.74) is 2.76. The van der Waals surface area contributed by atoms with Crippen LogP contribution in [0, 0.1) is 0 Å². The summed E-state index contributed by atoms with van der Waals surface area (Å²) < 4.78 is 0. The van der Waals surface area contributed by atoms with Gasteiger partial charge in [0.2, 0.25) is 0 Å². The summed E-state index contributed by atoms with van der Waals surface area (Å²) in [6, 6.07) is 22.5. The fraction of sp³-hybridized carbons (Fsp3) is 0.125. The summed E-state index contributed by atoms with van der Waals surface area (Å²) in [6.07, 6.45) is 2.02. The van der Waals surface area contributed by atoms with Crippen LogP contribution in [0.3, 0.4) is 0 Å². The Morgan fingerprint density at radius 3 is 1.84 bits per heavy atom. The molecule has 3 aromatic carbocycles. The van der Waals surface area contributed by atoms with Crippen molar-refractivity contribution in [3.8, 4) is 0 Å². The van der Waals surface area contributed by atoms with E-state index in [1.54, 1.807) is 72.8 Å². The minimum absolute atomic E-state index is 0.215. The summed E-state index contributed by atoms with van der Waals surface area (Å²) in [7, 11) is 0. The zero-order valence-corrected chi connectivity index (χ0v) is 16.7. The summed E-state index contributed by atoms with van der Waals surface area (Å²) >= 11 is 0. The standard InChI is InChI=1S/C24H22N4O3/c29-22(16-5-2-1-3-6-16)25-18-11-9-17(10-12-18)23(30)26-20-7-4-8-21(15-20)28-24(31)27-19-13-14-19/h1-12,15,19H,13-14H2,(H,25,29)(H,26,30)(H2,27,28,31). The van der Waals surface area contributed by atoms with Crippen LogP contribution in [0.4, 0.5) is 21.9 Å². The molecule has 0 heterocycles. The first kappa shape index (κ1) is 20.2. The Kier molecular flexibility index (Phi) is 5.93. The van der Waals surface area contributed by atoms with Gasteiger partial charge < -0.3 is 21.3 Å². The number of urea groups is 1. The zero-order valence-electron chi connectivity index (χ0n) is 16.7. The molecule has 4 rings (SSSR count). The van der Waals surface area contributed by atoms with Gasteiger partial charge in [0.1, 0.15) is 0 Å². The van der Waals surface area contributed by atoms with Gasteiger partial charge in [-0.15, -0.1) is 0 Å². The van der Waals surface area contributed by atoms with Gasteiger partial charge in [0.25, 0.3) is 11.8 Å². The first-order chi connectivity index (χ1) is 15.1. The lowest BCUT2D eigenvalue weighted by atomic mass is 10.1. The molecule has 0 atom stereocenters. The molecule has 156 valence electrons. The third-order valence-electron chi connectivity index (χ3n) is 4.73. The molecule has 0 radical (unpaired) electrons. The second kappa shape index (κ2) is 9.13. The molecule has 4 N–H and O–H groups in total. The molecule has 1 saturated carbocycles. The van der Waals surface area contributed by atoms with E-state index in [9.17, 15) is 14.4 Å². The average Bonchev–Trinajstić information content (AvgIpc) is 3.59. The Bertz CT molecular complexity index is 1090. The lowest BCUT2D eigenvalue weighted by molar-refractivity contribution is 0.102. The molecule has 0 bridgehead atoms. The van der Waals surface area contributed by atoms with Crippen molar-refractivity contribution in [1.82, 2.24) is 5.32 Å². The number of nitrogens with one attached hydrogen (secondary N) is 4. The number of anilines is 3. The van der Waals surface area contributed by atoms with Gasteiger partial charge in [-0.3, -0.25) is 9.59 Å². The van der Waals surface area contributed by atoms with E-state index in [0.717, 1.165) is 12.8 Å². The number of benzene rings is 3. The zero-order chi connectivity index (χ0) is 21.6. The summed E-state index contributed by atoms with van der Waals surface area (Å²) in [4.78, 5) is 36.7. The van der Waals surface area contributed by atoms with Gasteiger partial charge in [0.05, 0.1) is 0 Å². The van der Waals surface area contributed by atoms with Crippen LogP contribution in [0.15, 0.2) is 78.9 Å². The molecule has 4 amide bonds. The van der Waals surface area contributed by atoms with Crippen molar-refractivity contribution < 1.29 is 14.4 Å². The third-order valence-corrected chi connectivity index (χ3v) is 4.73. The fourth-order valence-corrected chi connectivity index (χ4v) is 2.96. The molecule has 1 aliphatic rings. The van der Waals surface area contributed by atoms with Crippen LogP contribution >= 0.6 is 0 Å². The lowest BCUT2D eigenvalue weighted by Crippen LogP contribution is -2.30. The van der Waals surface area contributed by atoms with Crippen molar-refractivity contribution in [1.29, 1.82) is 0 Å². The number of carbonyl (C=O) groups excluding carboxylic acids is 3. The highest BCUT2D eigenvalue weighted by molar-refractivity contribution is 6.06. The first-order valence-corrected chi connectivity index (χ1v) is 10.0. The second-order valence-corrected chi connectivity index (χ2v) is 7.31. The third kappa shape index (κ3) is 5.70. The molecule has 7 nitrogen and oxygen atoms in total. The predicted molar refractivity (Wildman–Crippen MR) is 120 cm³/mol. The van der Waals surface area contributed by atoms with Crippen LogP contribution < -0.4 is 21.3 Å². The van der Waals surface area contributed by atoms with E-state index >= 15 is 0 Å². The lowest BCUT2D eigenvalue weighted by Gasteiger charge is -2.10. The maximum atomic E-state index is 12.6. The van der Waals surface area contributed by atoms with Crippen LogP contribution in [0.2, 0.25) is 0 Å². The van der Waals surface area contributed by atoms with Crippen molar-refractivity contribution >= 4 is 34.9 Å². The monoisotopic (exact) mass is 414 g/mol. The topological polar surface area (TPSA) is 99.3 Å². The van der Waals surface area contributed by atoms with E-state index in [4.69, 9.17) is 0 Å². The molecule has 0 spiro atoms. The Balaban J connectivity index is 1.34. The van der Waals surface area contributed by atoms with E-state index in [0.29, 0.717) is 28.2 Å². The molecule has 3 aromatic rings. The van der Waals surface area contributed by atoms with Crippen LogP contribution in [-0.4, -0.2) is 23.9 Å². The van der Waals surface area contributed by atoms with Gasteiger partial charge in [-0.05, 0) is 67.4 Å². The Morgan fingerprint density at radius 2 is 1.19 bits per heavy atom. The number of rotatable bonds is 6. The highest BCUT2D eigenvalue weighted by Crippen LogP contribution is 2.20. The summed E-state index contributed by atoms with van der Waals surface area (Å²) in [5, 5.41) is 11.2. The molecule has 0 saturated heterocycles. The molecule has 1 aliphatic carbocycles. The van der Waals surface area contributed by atoms with Crippen molar-refractivity contribution in [2.24, 2.45) is 0 Å². The van der Waals surface area contributed by atoms with Crippen molar-refractivity contribution in [2.75, 3.05) is 16.0 Å². The van der Waals surface area contributed by atoms with Gasteiger partial charge in [-0.1, -0.05) is 24.3 Å². The molecular weight excluding hydrogens is 392 g/mol. The number of hydrogen-bond donors (Lipinski definition) is 4. The van der Waals surface area contributed by atoms with E-state index in [2.05, 4.69) is 21.3 Å². The molecule has 0 aliphatic heterocycles. The molecule has 0 aromatic heterocycles. The van der Waals surface area contributed by atoms with E-state index in [-0.39, 0.29) is 23.9 Å². The normalized spacial score (nSPS) is 12.5. The van der Waals surface area contributed by atoms with E-state index < -0.39 is 0 Å². The minimum Gasteiger partial charge on any atom is -0.335 e. The van der Waals surface area contributed by atoms with Gasteiger partial charge in [-0.2, -0.15) is 0 Å². The van der Waals surface area contributed by atoms with E-state index in [1.165, 1.54) is 0 Å². The second-order valence-electron chi connectivity index (χ2n) is 7.31. The van der Waals surface area contributed by atoms with Gasteiger partial charge in [-0.25, -0.2) is 4.79 Å². The first-order valence-electron chi connectivity index (χ1n) is 10.0. The van der Waals surface area contributed by atoms with Crippen molar-refractivity contribution in [2.45, 2.75) is 18.9 Å². The summed E-state index contributed by atoms with van der Waals surface area (Å²) in [5.74, 6) is -0.506. The van der Waals surface area contributed by atoms with Crippen molar-refractivity contribution in [3.63, 3.8) is 0 Å². The minimum atomic E-state index is -0.291. The van der Waals surface area contributed by atoms with Crippen LogP contribution in [-0.2, 0) is 0 Å². The number of hydrogen-bond acceptors (Lipinski definition) is 3. The maximum Gasteiger partial charge on any atom is 0.319 e. The molecule has 31 heavy (non-hydrogen) atoms. The Hall–Kier alpha value is -4.13. The van der Waals surface area contributed by atoms with Crippen molar-refractivity contribution in [3.05, 3.63) is 90.0 Å².